The van der Waals surface area contributed by atoms with Gasteiger partial charge in [0, 0.05) is 12.1 Å². The van der Waals surface area contributed by atoms with Crippen LogP contribution < -0.4 is 9.47 Å². The molecule has 6 nitrogen and oxygen atoms in total. The molecule has 0 unspecified atom stereocenters. The van der Waals surface area contributed by atoms with Gasteiger partial charge in [0.15, 0.2) is 8.32 Å². The monoisotopic (exact) mass is 403 g/mol. The van der Waals surface area contributed by atoms with Crippen LogP contribution in [0.25, 0.3) is 0 Å². The molecule has 0 saturated heterocycles. The molecule has 0 N–H and O–H groups in total. The molecular formula is C21H29NO5Si. The van der Waals surface area contributed by atoms with Gasteiger partial charge >= 0.3 is 5.69 Å². The summed E-state index contributed by atoms with van der Waals surface area (Å²) in [6.45, 7) is 12.0. The van der Waals surface area contributed by atoms with E-state index >= 15 is 0 Å². The lowest BCUT2D eigenvalue weighted by molar-refractivity contribution is -0.386. The van der Waals surface area contributed by atoms with E-state index in [1.807, 2.05) is 30.3 Å². The van der Waals surface area contributed by atoms with Crippen LogP contribution in [-0.4, -0.2) is 26.5 Å². The minimum atomic E-state index is -1.82. The molecule has 0 radical (unpaired) electrons. The third-order valence-corrected chi connectivity index (χ3v) is 9.52. The molecule has 0 amide bonds. The molecule has 2 aromatic carbocycles. The molecule has 0 saturated carbocycles. The van der Waals surface area contributed by atoms with Crippen molar-refractivity contribution >= 4 is 14.0 Å². The first-order valence-corrected chi connectivity index (χ1v) is 12.2. The lowest BCUT2D eigenvalue weighted by Crippen LogP contribution is -2.41. The minimum absolute atomic E-state index is 0.0826. The number of nitrogens with zero attached hydrogens (tertiary/aromatic N) is 1. The third kappa shape index (κ3) is 6.07. The van der Waals surface area contributed by atoms with Crippen molar-refractivity contribution in [2.24, 2.45) is 0 Å². The van der Waals surface area contributed by atoms with E-state index in [0.29, 0.717) is 19.0 Å². The van der Waals surface area contributed by atoms with Crippen LogP contribution in [0, 0.1) is 10.1 Å². The van der Waals surface area contributed by atoms with Gasteiger partial charge < -0.3 is 13.9 Å². The lowest BCUT2D eigenvalue weighted by Gasteiger charge is -2.36. The van der Waals surface area contributed by atoms with Crippen molar-refractivity contribution in [3.8, 4) is 11.5 Å². The Morgan fingerprint density at radius 2 is 1.68 bits per heavy atom. The van der Waals surface area contributed by atoms with Crippen molar-refractivity contribution in [2.45, 2.75) is 45.5 Å². The Hall–Kier alpha value is -2.38. The normalized spacial score (nSPS) is 11.9. The molecule has 0 aromatic heterocycles. The summed E-state index contributed by atoms with van der Waals surface area (Å²) in [5.74, 6) is 0.712. The highest BCUT2D eigenvalue weighted by Crippen LogP contribution is 2.36. The zero-order valence-corrected chi connectivity index (χ0v) is 18.2. The first kappa shape index (κ1) is 21.9. The summed E-state index contributed by atoms with van der Waals surface area (Å²) in [5.41, 5.74) is 0.853. The average Bonchev–Trinajstić information content (AvgIpc) is 2.63. The number of ether oxygens (including phenoxy) is 2. The maximum atomic E-state index is 11.3. The van der Waals surface area contributed by atoms with Gasteiger partial charge in [-0.05, 0) is 29.8 Å². The molecule has 0 heterocycles. The van der Waals surface area contributed by atoms with Gasteiger partial charge in [0.05, 0.1) is 11.5 Å². The highest BCUT2D eigenvalue weighted by atomic mass is 28.4. The summed E-state index contributed by atoms with van der Waals surface area (Å²) in [6.07, 6.45) is 0. The van der Waals surface area contributed by atoms with Crippen LogP contribution in [0.2, 0.25) is 18.1 Å². The molecule has 0 aliphatic carbocycles. The Morgan fingerprint density at radius 1 is 1.00 bits per heavy atom. The van der Waals surface area contributed by atoms with Gasteiger partial charge in [0.25, 0.3) is 0 Å². The van der Waals surface area contributed by atoms with E-state index in [2.05, 4.69) is 33.9 Å². The van der Waals surface area contributed by atoms with Crippen LogP contribution in [0.3, 0.4) is 0 Å². The molecule has 0 bridgehead atoms. The first-order chi connectivity index (χ1) is 13.1. The second-order valence-corrected chi connectivity index (χ2v) is 12.9. The molecule has 152 valence electrons. The number of hydrogen-bond donors (Lipinski definition) is 0. The molecule has 0 atom stereocenters. The fourth-order valence-corrected chi connectivity index (χ4v) is 3.29. The van der Waals surface area contributed by atoms with E-state index in [1.54, 1.807) is 12.1 Å². The average molecular weight is 404 g/mol. The zero-order chi connectivity index (χ0) is 20.8. The Kier molecular flexibility index (Phi) is 7.21. The van der Waals surface area contributed by atoms with Gasteiger partial charge in [-0.15, -0.1) is 0 Å². The van der Waals surface area contributed by atoms with Crippen LogP contribution in [-0.2, 0) is 11.0 Å². The predicted molar refractivity (Wildman–Crippen MR) is 113 cm³/mol. The molecule has 0 aliphatic rings. The van der Waals surface area contributed by atoms with Crippen molar-refractivity contribution < 1.29 is 18.8 Å². The fraction of sp³-hybridized carbons (Fsp3) is 0.429. The fourth-order valence-electron chi connectivity index (χ4n) is 2.26. The van der Waals surface area contributed by atoms with Crippen molar-refractivity contribution in [2.75, 3.05) is 13.2 Å². The van der Waals surface area contributed by atoms with Gasteiger partial charge in [0.2, 0.25) is 5.75 Å². The first-order valence-electron chi connectivity index (χ1n) is 9.32. The Morgan fingerprint density at radius 3 is 2.29 bits per heavy atom. The smallest absolute Gasteiger partial charge is 0.311 e. The summed E-state index contributed by atoms with van der Waals surface area (Å²) >= 11 is 0. The number of nitro benzene ring substituents is 1. The summed E-state index contributed by atoms with van der Waals surface area (Å²) < 4.78 is 17.5. The second-order valence-electron chi connectivity index (χ2n) is 8.12. The molecule has 0 spiro atoms. The van der Waals surface area contributed by atoms with Crippen molar-refractivity contribution in [3.63, 3.8) is 0 Å². The molecule has 2 aromatic rings. The molecule has 2 rings (SSSR count). The van der Waals surface area contributed by atoms with Crippen molar-refractivity contribution in [1.29, 1.82) is 0 Å². The number of benzene rings is 2. The van der Waals surface area contributed by atoms with Gasteiger partial charge in [-0.1, -0.05) is 51.1 Å². The van der Waals surface area contributed by atoms with Gasteiger partial charge in [0.1, 0.15) is 19.0 Å². The van der Waals surface area contributed by atoms with Gasteiger partial charge in [-0.2, -0.15) is 0 Å². The number of rotatable bonds is 9. The maximum absolute atomic E-state index is 11.3. The van der Waals surface area contributed by atoms with Crippen molar-refractivity contribution in [3.05, 3.63) is 64.2 Å². The molecular weight excluding hydrogens is 374 g/mol. The maximum Gasteiger partial charge on any atom is 0.311 e. The van der Waals surface area contributed by atoms with E-state index in [0.717, 1.165) is 5.56 Å². The van der Waals surface area contributed by atoms with E-state index in [-0.39, 0.29) is 23.1 Å². The summed E-state index contributed by atoms with van der Waals surface area (Å²) in [5, 5.41) is 11.4. The largest absolute Gasteiger partial charge is 0.491 e. The van der Waals surface area contributed by atoms with Crippen LogP contribution in [0.15, 0.2) is 48.5 Å². The highest BCUT2D eigenvalue weighted by Gasteiger charge is 2.36. The Bertz CT molecular complexity index is 787. The topological polar surface area (TPSA) is 70.8 Å². The second kappa shape index (κ2) is 9.21. The molecule has 28 heavy (non-hydrogen) atoms. The number of hydrogen-bond acceptors (Lipinski definition) is 5. The minimum Gasteiger partial charge on any atom is -0.491 e. The molecule has 0 aliphatic heterocycles. The summed E-state index contributed by atoms with van der Waals surface area (Å²) in [4.78, 5) is 10.8. The predicted octanol–water partition coefficient (Wildman–Crippen LogP) is 5.57. The Balaban J connectivity index is 1.99. The van der Waals surface area contributed by atoms with Crippen LogP contribution in [0.5, 0.6) is 11.5 Å². The van der Waals surface area contributed by atoms with E-state index in [1.165, 1.54) is 6.07 Å². The van der Waals surface area contributed by atoms with Crippen LogP contribution >= 0.6 is 0 Å². The quantitative estimate of drug-likeness (QED) is 0.237. The van der Waals surface area contributed by atoms with E-state index < -0.39 is 13.2 Å². The van der Waals surface area contributed by atoms with E-state index in [4.69, 9.17) is 13.9 Å². The van der Waals surface area contributed by atoms with E-state index in [9.17, 15) is 10.1 Å². The summed E-state index contributed by atoms with van der Waals surface area (Å²) in [7, 11) is -1.82. The standard InChI is InChI=1S/C21H29NO5Si/c1-21(2,3)28(4,5)27-14-13-25-18-11-12-19(22(23)24)20(15-18)26-16-17-9-7-6-8-10-17/h6-12,15H,13-14,16H2,1-5H3. The number of nitro groups is 1. The van der Waals surface area contributed by atoms with Crippen LogP contribution in [0.4, 0.5) is 5.69 Å². The highest BCUT2D eigenvalue weighted by molar-refractivity contribution is 6.74. The van der Waals surface area contributed by atoms with Gasteiger partial charge in [-0.25, -0.2) is 0 Å². The molecule has 7 heteroatoms. The zero-order valence-electron chi connectivity index (χ0n) is 17.2. The SMILES string of the molecule is CC(C)(C)[Si](C)(C)OCCOc1ccc([N+](=O)[O-])c(OCc2ccccc2)c1. The third-order valence-electron chi connectivity index (χ3n) is 4.99. The molecule has 0 fully saturated rings. The lowest BCUT2D eigenvalue weighted by atomic mass is 10.2. The van der Waals surface area contributed by atoms with Crippen molar-refractivity contribution in [1.82, 2.24) is 0 Å². The van der Waals surface area contributed by atoms with Crippen LogP contribution in [0.1, 0.15) is 26.3 Å². The Labute approximate surface area is 167 Å². The van der Waals surface area contributed by atoms with Gasteiger partial charge in [-0.3, -0.25) is 10.1 Å². The summed E-state index contributed by atoms with van der Waals surface area (Å²) in [6, 6.07) is 14.1.